The molecule has 0 bridgehead atoms. The molecule has 0 atom stereocenters. The molecule has 1 rings (SSSR count). The van der Waals surface area contributed by atoms with Crippen LogP contribution in [0.1, 0.15) is 0 Å². The SMILES string of the molecule is COc1cc[c]([Ge]([CH3])([CH3])[CH3])cc1. The Kier molecular flexibility index (Phi) is 2.83. The first kappa shape index (κ1) is 9.65. The van der Waals surface area contributed by atoms with Gasteiger partial charge in [0, 0.05) is 0 Å². The van der Waals surface area contributed by atoms with E-state index in [2.05, 4.69) is 29.4 Å². The fourth-order valence-corrected chi connectivity index (χ4v) is 3.54. The van der Waals surface area contributed by atoms with Crippen LogP contribution in [0.3, 0.4) is 0 Å². The van der Waals surface area contributed by atoms with E-state index in [1.165, 1.54) is 4.40 Å². The average Bonchev–Trinajstić information content (AvgIpc) is 2.03. The van der Waals surface area contributed by atoms with Gasteiger partial charge < -0.3 is 0 Å². The van der Waals surface area contributed by atoms with E-state index in [0.717, 1.165) is 5.75 Å². The van der Waals surface area contributed by atoms with Crippen LogP contribution in [0.2, 0.25) is 17.3 Å². The van der Waals surface area contributed by atoms with Crippen molar-refractivity contribution in [3.63, 3.8) is 0 Å². The minimum atomic E-state index is -1.60. The average molecular weight is 225 g/mol. The molecular formula is C10H16GeO. The van der Waals surface area contributed by atoms with E-state index in [4.69, 9.17) is 4.74 Å². The Hall–Kier alpha value is -0.437. The van der Waals surface area contributed by atoms with E-state index in [9.17, 15) is 0 Å². The van der Waals surface area contributed by atoms with E-state index in [0.29, 0.717) is 0 Å². The van der Waals surface area contributed by atoms with Crippen LogP contribution >= 0.6 is 0 Å². The van der Waals surface area contributed by atoms with Crippen LogP contribution in [0.25, 0.3) is 0 Å². The van der Waals surface area contributed by atoms with Crippen molar-refractivity contribution in [3.05, 3.63) is 24.3 Å². The van der Waals surface area contributed by atoms with Gasteiger partial charge in [-0.05, 0) is 0 Å². The Labute approximate surface area is 77.1 Å². The molecule has 0 fully saturated rings. The minimum absolute atomic E-state index is 0.949. The maximum atomic E-state index is 5.10. The van der Waals surface area contributed by atoms with E-state index >= 15 is 0 Å². The molecule has 0 radical (unpaired) electrons. The quantitative estimate of drug-likeness (QED) is 0.701. The van der Waals surface area contributed by atoms with E-state index in [1.807, 2.05) is 12.1 Å². The Morgan fingerprint density at radius 2 is 1.50 bits per heavy atom. The molecule has 0 heterocycles. The molecule has 2 heteroatoms. The molecule has 0 unspecified atom stereocenters. The predicted molar refractivity (Wildman–Crippen MR) is 56.0 cm³/mol. The molecule has 0 aliphatic carbocycles. The molecule has 1 aromatic carbocycles. The summed E-state index contributed by atoms with van der Waals surface area (Å²) in [5.74, 6) is 8.12. The fourth-order valence-electron chi connectivity index (χ4n) is 1.09. The van der Waals surface area contributed by atoms with Crippen LogP contribution in [-0.4, -0.2) is 20.4 Å². The van der Waals surface area contributed by atoms with Gasteiger partial charge in [-0.25, -0.2) is 0 Å². The Balaban J connectivity index is 2.93. The predicted octanol–water partition coefficient (Wildman–Crippen LogP) is 2.24. The zero-order chi connectivity index (χ0) is 9.19. The summed E-state index contributed by atoms with van der Waals surface area (Å²) < 4.78 is 6.63. The van der Waals surface area contributed by atoms with E-state index in [-0.39, 0.29) is 0 Å². The van der Waals surface area contributed by atoms with Crippen LogP contribution in [-0.2, 0) is 0 Å². The van der Waals surface area contributed by atoms with Crippen molar-refractivity contribution in [2.45, 2.75) is 17.3 Å². The molecule has 0 N–H and O–H groups in total. The molecule has 0 aromatic heterocycles. The van der Waals surface area contributed by atoms with Gasteiger partial charge in [0.05, 0.1) is 0 Å². The summed E-state index contributed by atoms with van der Waals surface area (Å²) in [6.07, 6.45) is 0. The number of rotatable bonds is 2. The zero-order valence-electron chi connectivity index (χ0n) is 8.22. The summed E-state index contributed by atoms with van der Waals surface area (Å²) in [6.45, 7) is 0. The molecule has 12 heavy (non-hydrogen) atoms. The van der Waals surface area contributed by atoms with E-state index < -0.39 is 13.3 Å². The van der Waals surface area contributed by atoms with Crippen molar-refractivity contribution in [2.75, 3.05) is 7.11 Å². The maximum absolute atomic E-state index is 5.10. The van der Waals surface area contributed by atoms with Crippen molar-refractivity contribution in [3.8, 4) is 5.75 Å². The van der Waals surface area contributed by atoms with Gasteiger partial charge in [-0.2, -0.15) is 0 Å². The Bertz CT molecular complexity index is 246. The molecule has 0 spiro atoms. The first-order valence-corrected chi connectivity index (χ1v) is 11.5. The van der Waals surface area contributed by atoms with Crippen molar-refractivity contribution in [1.29, 1.82) is 0 Å². The van der Waals surface area contributed by atoms with Crippen molar-refractivity contribution < 1.29 is 4.74 Å². The molecule has 1 nitrogen and oxygen atoms in total. The summed E-state index contributed by atoms with van der Waals surface area (Å²) in [4.78, 5) is 0. The molecule has 0 aliphatic heterocycles. The van der Waals surface area contributed by atoms with Gasteiger partial charge in [-0.1, -0.05) is 0 Å². The number of ether oxygens (including phenoxy) is 1. The number of hydrogen-bond donors (Lipinski definition) is 0. The van der Waals surface area contributed by atoms with Gasteiger partial charge in [0.15, 0.2) is 0 Å². The second-order valence-corrected chi connectivity index (χ2v) is 14.6. The number of hydrogen-bond acceptors (Lipinski definition) is 1. The van der Waals surface area contributed by atoms with Crippen molar-refractivity contribution >= 4 is 17.7 Å². The molecular weight excluding hydrogens is 209 g/mol. The molecule has 0 saturated carbocycles. The van der Waals surface area contributed by atoms with E-state index in [1.54, 1.807) is 7.11 Å². The molecule has 0 amide bonds. The standard InChI is InChI=1S/C10H16GeO/c1-11(2,3)9-5-7-10(12-4)8-6-9/h5-8H,1-4H3. The van der Waals surface area contributed by atoms with Crippen LogP contribution in [0, 0.1) is 0 Å². The summed E-state index contributed by atoms with van der Waals surface area (Å²) >= 11 is -1.60. The van der Waals surface area contributed by atoms with Crippen LogP contribution < -0.4 is 9.13 Å². The van der Waals surface area contributed by atoms with Gasteiger partial charge in [-0.3, -0.25) is 0 Å². The van der Waals surface area contributed by atoms with Crippen LogP contribution in [0.5, 0.6) is 5.75 Å². The number of methoxy groups -OCH3 is 1. The molecule has 0 saturated heterocycles. The summed E-state index contributed by atoms with van der Waals surface area (Å²) in [7, 11) is 1.70. The van der Waals surface area contributed by atoms with Gasteiger partial charge in [0.2, 0.25) is 0 Å². The van der Waals surface area contributed by atoms with Gasteiger partial charge in [0.1, 0.15) is 0 Å². The van der Waals surface area contributed by atoms with Crippen molar-refractivity contribution in [2.24, 2.45) is 0 Å². The second kappa shape index (κ2) is 3.52. The molecule has 0 aliphatic rings. The Morgan fingerprint density at radius 1 is 1.00 bits per heavy atom. The van der Waals surface area contributed by atoms with Gasteiger partial charge >= 0.3 is 76.8 Å². The topological polar surface area (TPSA) is 9.23 Å². The third-order valence-corrected chi connectivity index (χ3v) is 6.29. The molecule has 66 valence electrons. The first-order valence-electron chi connectivity index (χ1n) is 4.18. The number of benzene rings is 1. The summed E-state index contributed by atoms with van der Waals surface area (Å²) in [6, 6.07) is 8.48. The van der Waals surface area contributed by atoms with Gasteiger partial charge in [0.25, 0.3) is 0 Å². The monoisotopic (exact) mass is 226 g/mol. The van der Waals surface area contributed by atoms with Gasteiger partial charge in [-0.15, -0.1) is 0 Å². The second-order valence-electron chi connectivity index (χ2n) is 3.98. The fraction of sp³-hybridized carbons (Fsp3) is 0.400. The normalized spacial score (nSPS) is 11.3. The molecule has 1 aromatic rings. The van der Waals surface area contributed by atoms with Crippen molar-refractivity contribution in [1.82, 2.24) is 0 Å². The van der Waals surface area contributed by atoms with Crippen LogP contribution in [0.15, 0.2) is 24.3 Å². The summed E-state index contributed by atoms with van der Waals surface area (Å²) in [5, 5.41) is 0. The third-order valence-electron chi connectivity index (χ3n) is 1.96. The Morgan fingerprint density at radius 3 is 1.83 bits per heavy atom. The van der Waals surface area contributed by atoms with Crippen LogP contribution in [0.4, 0.5) is 0 Å². The first-order chi connectivity index (χ1) is 5.54. The third kappa shape index (κ3) is 2.27. The zero-order valence-corrected chi connectivity index (χ0v) is 10.3. The summed E-state index contributed by atoms with van der Waals surface area (Å²) in [5.41, 5.74) is 0.